The number of rotatable bonds is 8. The van der Waals surface area contributed by atoms with E-state index in [0.29, 0.717) is 34.5 Å². The van der Waals surface area contributed by atoms with Crippen LogP contribution in [0.2, 0.25) is 0 Å². The molecular weight excluding hydrogens is 454 g/mol. The highest BCUT2D eigenvalue weighted by Gasteiger charge is 2.30. The van der Waals surface area contributed by atoms with Gasteiger partial charge in [0, 0.05) is 41.5 Å². The van der Waals surface area contributed by atoms with Crippen LogP contribution in [0.3, 0.4) is 0 Å². The van der Waals surface area contributed by atoms with Gasteiger partial charge in [-0.3, -0.25) is 14.4 Å². The molecule has 0 spiro atoms. The Hall–Kier alpha value is -3.49. The number of nitrogens with zero attached hydrogens (tertiary/aromatic N) is 2. The number of ketones is 1. The normalized spacial score (nSPS) is 17.5. The van der Waals surface area contributed by atoms with E-state index < -0.39 is 0 Å². The third-order valence-corrected chi connectivity index (χ3v) is 6.77. The van der Waals surface area contributed by atoms with Crippen molar-refractivity contribution in [3.8, 4) is 0 Å². The van der Waals surface area contributed by atoms with Gasteiger partial charge in [-0.1, -0.05) is 12.1 Å². The molecule has 0 radical (unpaired) electrons. The van der Waals surface area contributed by atoms with E-state index in [0.717, 1.165) is 43.7 Å². The highest BCUT2D eigenvalue weighted by Crippen LogP contribution is 2.37. The first-order valence-corrected chi connectivity index (χ1v) is 12.4. The molecule has 1 fully saturated rings. The predicted molar refractivity (Wildman–Crippen MR) is 143 cm³/mol. The number of benzene rings is 2. The molecule has 4 rings (SSSR count). The lowest BCUT2D eigenvalue weighted by Crippen LogP contribution is -2.40. The second-order valence-corrected chi connectivity index (χ2v) is 9.88. The van der Waals surface area contributed by atoms with E-state index >= 15 is 0 Å². The molecule has 2 heterocycles. The standard InChI is InChI=1S/C28H35N5O3/c1-18(34)21-9-10-24-23(17-21)25(28(36)31-24)26(30-22-11-14-33(4)15-12-22)19-5-7-20(8-6-19)27(35)29-13-16-32(2)3/h5-10,17,22,30H,11-16H2,1-4H3,(H,29,35)(H,31,36)/b26-25-. The van der Waals surface area contributed by atoms with E-state index in [1.807, 2.05) is 31.1 Å². The van der Waals surface area contributed by atoms with Gasteiger partial charge in [0.1, 0.15) is 0 Å². The van der Waals surface area contributed by atoms with Crippen molar-refractivity contribution in [2.75, 3.05) is 52.6 Å². The number of nitrogens with one attached hydrogen (secondary N) is 3. The van der Waals surface area contributed by atoms with Crippen LogP contribution in [0.1, 0.15) is 51.6 Å². The quantitative estimate of drug-likeness (QED) is 0.390. The van der Waals surface area contributed by atoms with Crippen LogP contribution in [0.5, 0.6) is 0 Å². The summed E-state index contributed by atoms with van der Waals surface area (Å²) in [4.78, 5) is 42.1. The van der Waals surface area contributed by atoms with Gasteiger partial charge in [-0.15, -0.1) is 0 Å². The summed E-state index contributed by atoms with van der Waals surface area (Å²) in [5.41, 5.74) is 4.61. The Kier molecular flexibility index (Phi) is 7.86. The zero-order chi connectivity index (χ0) is 25.8. The number of fused-ring (bicyclic) bond motifs is 1. The third-order valence-electron chi connectivity index (χ3n) is 6.77. The fourth-order valence-corrected chi connectivity index (χ4v) is 4.57. The van der Waals surface area contributed by atoms with E-state index in [9.17, 15) is 14.4 Å². The maximum absolute atomic E-state index is 13.2. The lowest BCUT2D eigenvalue weighted by atomic mass is 9.95. The van der Waals surface area contributed by atoms with Crippen LogP contribution in [0.15, 0.2) is 42.5 Å². The second-order valence-electron chi connectivity index (χ2n) is 9.88. The molecule has 1 saturated heterocycles. The lowest BCUT2D eigenvalue weighted by Gasteiger charge is -2.31. The van der Waals surface area contributed by atoms with Crippen LogP contribution in [0.4, 0.5) is 5.69 Å². The number of anilines is 1. The Morgan fingerprint density at radius 2 is 1.67 bits per heavy atom. The summed E-state index contributed by atoms with van der Waals surface area (Å²) in [5, 5.41) is 9.53. The molecule has 0 saturated carbocycles. The monoisotopic (exact) mass is 489 g/mol. The largest absolute Gasteiger partial charge is 0.381 e. The Balaban J connectivity index is 1.70. The number of amides is 2. The Morgan fingerprint density at radius 3 is 2.31 bits per heavy atom. The molecular formula is C28H35N5O3. The molecule has 190 valence electrons. The molecule has 2 aromatic carbocycles. The van der Waals surface area contributed by atoms with Crippen molar-refractivity contribution in [3.63, 3.8) is 0 Å². The number of likely N-dealkylation sites (tertiary alicyclic amines) is 1. The van der Waals surface area contributed by atoms with Gasteiger partial charge in [0.2, 0.25) is 0 Å². The zero-order valence-corrected chi connectivity index (χ0v) is 21.5. The van der Waals surface area contributed by atoms with Crippen molar-refractivity contribution in [1.29, 1.82) is 0 Å². The predicted octanol–water partition coefficient (Wildman–Crippen LogP) is 2.68. The Bertz CT molecular complexity index is 1180. The van der Waals surface area contributed by atoms with Gasteiger partial charge in [-0.25, -0.2) is 0 Å². The summed E-state index contributed by atoms with van der Waals surface area (Å²) < 4.78 is 0. The average Bonchev–Trinajstić information content (AvgIpc) is 3.18. The van der Waals surface area contributed by atoms with Crippen molar-refractivity contribution in [3.05, 3.63) is 64.7 Å². The molecule has 0 aromatic heterocycles. The molecule has 8 nitrogen and oxygen atoms in total. The first-order valence-electron chi connectivity index (χ1n) is 12.4. The van der Waals surface area contributed by atoms with E-state index in [1.165, 1.54) is 6.92 Å². The molecule has 0 bridgehead atoms. The van der Waals surface area contributed by atoms with Gasteiger partial charge >= 0.3 is 0 Å². The summed E-state index contributed by atoms with van der Waals surface area (Å²) in [7, 11) is 6.04. The minimum absolute atomic E-state index is 0.0500. The van der Waals surface area contributed by atoms with Gasteiger partial charge in [-0.05, 0) is 89.9 Å². The molecule has 0 aliphatic carbocycles. The summed E-state index contributed by atoms with van der Waals surface area (Å²) in [6.07, 6.45) is 1.92. The minimum Gasteiger partial charge on any atom is -0.381 e. The number of piperidine rings is 1. The molecule has 3 N–H and O–H groups in total. The highest BCUT2D eigenvalue weighted by atomic mass is 16.2. The summed E-state index contributed by atoms with van der Waals surface area (Å²) in [6, 6.07) is 12.9. The van der Waals surface area contributed by atoms with E-state index in [-0.39, 0.29) is 23.6 Å². The fraction of sp³-hybridized carbons (Fsp3) is 0.393. The summed E-state index contributed by atoms with van der Waals surface area (Å²) in [6.45, 7) is 4.80. The summed E-state index contributed by atoms with van der Waals surface area (Å²) in [5.74, 6) is -0.381. The first kappa shape index (κ1) is 25.6. The second kappa shape index (κ2) is 11.1. The lowest BCUT2D eigenvalue weighted by molar-refractivity contribution is -0.110. The highest BCUT2D eigenvalue weighted by molar-refractivity contribution is 6.36. The van der Waals surface area contributed by atoms with Crippen LogP contribution in [0.25, 0.3) is 11.3 Å². The van der Waals surface area contributed by atoms with Gasteiger partial charge in [-0.2, -0.15) is 0 Å². The molecule has 36 heavy (non-hydrogen) atoms. The molecule has 2 aromatic rings. The summed E-state index contributed by atoms with van der Waals surface area (Å²) >= 11 is 0. The Morgan fingerprint density at radius 1 is 1.03 bits per heavy atom. The van der Waals surface area contributed by atoms with Crippen LogP contribution >= 0.6 is 0 Å². The number of carbonyl (C=O) groups excluding carboxylic acids is 3. The zero-order valence-electron chi connectivity index (χ0n) is 21.5. The fourth-order valence-electron chi connectivity index (χ4n) is 4.57. The van der Waals surface area contributed by atoms with Gasteiger partial charge in [0.15, 0.2) is 5.78 Å². The van der Waals surface area contributed by atoms with Crippen molar-refractivity contribution >= 4 is 34.6 Å². The number of hydrogen-bond acceptors (Lipinski definition) is 6. The SMILES string of the molecule is CC(=O)c1ccc2c(c1)/C(=C(/NC1CCN(C)CC1)c1ccc(C(=O)NCCN(C)C)cc1)C(=O)N2. The van der Waals surface area contributed by atoms with Gasteiger partial charge in [0.25, 0.3) is 11.8 Å². The van der Waals surface area contributed by atoms with Crippen LogP contribution < -0.4 is 16.0 Å². The molecule has 0 atom stereocenters. The molecule has 2 aliphatic heterocycles. The third kappa shape index (κ3) is 5.83. The van der Waals surface area contributed by atoms with E-state index in [4.69, 9.17) is 0 Å². The molecule has 2 aliphatic rings. The van der Waals surface area contributed by atoms with Crippen LogP contribution in [0, 0.1) is 0 Å². The minimum atomic E-state index is -0.202. The number of carbonyl (C=O) groups is 3. The number of hydrogen-bond donors (Lipinski definition) is 3. The maximum Gasteiger partial charge on any atom is 0.258 e. The number of likely N-dealkylation sites (N-methyl/N-ethyl adjacent to an activating group) is 1. The van der Waals surface area contributed by atoms with Crippen molar-refractivity contribution in [2.45, 2.75) is 25.8 Å². The Labute approximate surface area is 212 Å². The van der Waals surface area contributed by atoms with Gasteiger partial charge in [0.05, 0.1) is 11.3 Å². The van der Waals surface area contributed by atoms with Crippen LogP contribution in [-0.2, 0) is 4.79 Å². The number of Topliss-reactive ketones (excluding diaryl/α,β-unsaturated/α-hetero) is 1. The maximum atomic E-state index is 13.2. The van der Waals surface area contributed by atoms with E-state index in [1.54, 1.807) is 30.3 Å². The molecule has 0 unspecified atom stereocenters. The average molecular weight is 490 g/mol. The van der Waals surface area contributed by atoms with Gasteiger partial charge < -0.3 is 25.8 Å². The van der Waals surface area contributed by atoms with Crippen LogP contribution in [-0.4, -0.2) is 80.8 Å². The van der Waals surface area contributed by atoms with E-state index in [2.05, 4.69) is 27.9 Å². The van der Waals surface area contributed by atoms with Crippen molar-refractivity contribution in [1.82, 2.24) is 20.4 Å². The molecule has 2 amide bonds. The van der Waals surface area contributed by atoms with Crippen molar-refractivity contribution < 1.29 is 14.4 Å². The van der Waals surface area contributed by atoms with Crippen molar-refractivity contribution in [2.24, 2.45) is 0 Å². The first-order chi connectivity index (χ1) is 17.2. The smallest absolute Gasteiger partial charge is 0.258 e. The topological polar surface area (TPSA) is 93.8 Å². The molecule has 8 heteroatoms.